The van der Waals surface area contributed by atoms with Gasteiger partial charge >= 0.3 is 0 Å². The Hall–Kier alpha value is -4.07. The molecule has 1 amide bonds. The molecular formula is C28H35F2N5O. The minimum atomic E-state index is -0.722. The summed E-state index contributed by atoms with van der Waals surface area (Å²) in [7, 11) is 1.89. The highest BCUT2D eigenvalue weighted by molar-refractivity contribution is 5.95. The lowest BCUT2D eigenvalue weighted by Crippen LogP contribution is -2.26. The number of rotatable bonds is 7. The molecular weight excluding hydrogens is 460 g/mol. The minimum Gasteiger partial charge on any atom is -0.383 e. The van der Waals surface area contributed by atoms with E-state index < -0.39 is 17.6 Å². The van der Waals surface area contributed by atoms with Gasteiger partial charge in [0.05, 0.1) is 17.5 Å². The van der Waals surface area contributed by atoms with E-state index in [0.29, 0.717) is 16.7 Å². The molecule has 0 aliphatic carbocycles. The van der Waals surface area contributed by atoms with Crippen LogP contribution in [0, 0.1) is 12.7 Å². The summed E-state index contributed by atoms with van der Waals surface area (Å²) in [6.07, 6.45) is 5.88. The van der Waals surface area contributed by atoms with Gasteiger partial charge in [-0.15, -0.1) is 0 Å². The van der Waals surface area contributed by atoms with E-state index in [2.05, 4.69) is 28.4 Å². The molecule has 192 valence electrons. The summed E-state index contributed by atoms with van der Waals surface area (Å²) in [5.41, 5.74) is 8.92. The van der Waals surface area contributed by atoms with Crippen molar-refractivity contribution in [3.05, 3.63) is 90.6 Å². The number of benzene rings is 1. The molecule has 3 N–H and O–H groups in total. The molecule has 1 aromatic carbocycles. The van der Waals surface area contributed by atoms with E-state index in [1.165, 1.54) is 18.2 Å². The van der Waals surface area contributed by atoms with Gasteiger partial charge in [-0.3, -0.25) is 4.79 Å². The summed E-state index contributed by atoms with van der Waals surface area (Å²) in [6, 6.07) is 6.00. The van der Waals surface area contributed by atoms with Gasteiger partial charge in [0.1, 0.15) is 23.3 Å². The van der Waals surface area contributed by atoms with Gasteiger partial charge in [0.25, 0.3) is 5.91 Å². The highest BCUT2D eigenvalue weighted by atomic mass is 19.1. The SMILES string of the molecule is C=C/C(=C\C(=C)F)CNC(=O)c1ccc(-c2cc(-c3cnc(C)n3C)cnc2N)cc1F.CC.CC. The molecule has 0 fully saturated rings. The molecule has 0 bridgehead atoms. The molecule has 3 rings (SSSR count). The third kappa shape index (κ3) is 7.46. The van der Waals surface area contributed by atoms with Crippen molar-refractivity contribution >= 4 is 11.7 Å². The molecule has 0 atom stereocenters. The fourth-order valence-electron chi connectivity index (χ4n) is 3.14. The molecule has 2 heterocycles. The number of carbonyl (C=O) groups is 1. The molecule has 0 unspecified atom stereocenters. The number of nitrogen functional groups attached to an aromatic ring is 1. The van der Waals surface area contributed by atoms with Crippen molar-refractivity contribution in [2.24, 2.45) is 7.05 Å². The number of nitrogens with one attached hydrogen (secondary N) is 1. The molecule has 6 nitrogen and oxygen atoms in total. The average molecular weight is 496 g/mol. The van der Waals surface area contributed by atoms with Gasteiger partial charge in [0.15, 0.2) is 0 Å². The number of pyridine rings is 1. The van der Waals surface area contributed by atoms with Crippen LogP contribution in [-0.2, 0) is 7.05 Å². The number of amides is 1. The monoisotopic (exact) mass is 495 g/mol. The van der Waals surface area contributed by atoms with Crippen LogP contribution >= 0.6 is 0 Å². The van der Waals surface area contributed by atoms with Crippen LogP contribution in [0.25, 0.3) is 22.4 Å². The first-order valence-electron chi connectivity index (χ1n) is 11.7. The normalized spacial score (nSPS) is 10.4. The van der Waals surface area contributed by atoms with Crippen molar-refractivity contribution in [2.75, 3.05) is 12.3 Å². The number of anilines is 1. The van der Waals surface area contributed by atoms with Crippen LogP contribution in [-0.4, -0.2) is 27.0 Å². The Kier molecular flexibility index (Phi) is 11.9. The molecule has 36 heavy (non-hydrogen) atoms. The number of carbonyl (C=O) groups excluding carboxylic acids is 1. The number of aryl methyl sites for hydroxylation is 1. The number of allylic oxidation sites excluding steroid dienone is 2. The fourth-order valence-corrected chi connectivity index (χ4v) is 3.14. The second kappa shape index (κ2) is 14.4. The van der Waals surface area contributed by atoms with Gasteiger partial charge in [0.2, 0.25) is 0 Å². The van der Waals surface area contributed by atoms with Crippen LogP contribution in [0.5, 0.6) is 0 Å². The largest absolute Gasteiger partial charge is 0.383 e. The molecule has 0 saturated heterocycles. The molecule has 0 aliphatic rings. The fraction of sp³-hybridized carbons (Fsp3) is 0.250. The molecule has 0 spiro atoms. The Balaban J connectivity index is 0.00000154. The molecule has 0 saturated carbocycles. The number of aromatic nitrogens is 3. The van der Waals surface area contributed by atoms with Crippen molar-refractivity contribution in [3.8, 4) is 22.4 Å². The smallest absolute Gasteiger partial charge is 0.254 e. The number of nitrogens with two attached hydrogens (primary N) is 1. The van der Waals surface area contributed by atoms with Crippen molar-refractivity contribution < 1.29 is 13.6 Å². The number of imidazole rings is 1. The Morgan fingerprint density at radius 1 is 1.14 bits per heavy atom. The highest BCUT2D eigenvalue weighted by Gasteiger charge is 2.16. The first kappa shape index (κ1) is 30.0. The quantitative estimate of drug-likeness (QED) is 0.364. The van der Waals surface area contributed by atoms with E-state index >= 15 is 0 Å². The first-order valence-corrected chi connectivity index (χ1v) is 11.7. The van der Waals surface area contributed by atoms with Crippen molar-refractivity contribution in [1.29, 1.82) is 0 Å². The summed E-state index contributed by atoms with van der Waals surface area (Å²) in [5, 5.41) is 2.53. The lowest BCUT2D eigenvalue weighted by atomic mass is 10.0. The van der Waals surface area contributed by atoms with Crippen LogP contribution in [0.4, 0.5) is 14.6 Å². The summed E-state index contributed by atoms with van der Waals surface area (Å²) in [6.45, 7) is 16.5. The zero-order valence-corrected chi connectivity index (χ0v) is 21.8. The topological polar surface area (TPSA) is 85.8 Å². The summed E-state index contributed by atoms with van der Waals surface area (Å²) in [4.78, 5) is 20.9. The van der Waals surface area contributed by atoms with Gasteiger partial charge in [-0.2, -0.15) is 0 Å². The lowest BCUT2D eigenvalue weighted by Gasteiger charge is -2.11. The van der Waals surface area contributed by atoms with Crippen LogP contribution < -0.4 is 11.1 Å². The third-order valence-electron chi connectivity index (χ3n) is 5.02. The minimum absolute atomic E-state index is 0.0184. The first-order chi connectivity index (χ1) is 17.2. The van der Waals surface area contributed by atoms with E-state index in [1.807, 2.05) is 46.2 Å². The standard InChI is InChI=1S/C24H23F2N5O.2C2H6/c1-5-16(8-14(2)25)11-30-24(32)19-7-6-17(10-21(19)26)20-9-18(12-29-23(20)27)22-13-28-15(3)31(22)4;2*1-2/h5-10,12-13H,1-2,11H2,3-4H3,(H2,27,29)(H,30,32);2*1-2H3/b16-8+;;. The zero-order chi connectivity index (χ0) is 27.4. The van der Waals surface area contributed by atoms with Gasteiger partial charge in [-0.05, 0) is 42.3 Å². The predicted octanol–water partition coefficient (Wildman–Crippen LogP) is 6.56. The Labute approximate surface area is 212 Å². The maximum absolute atomic E-state index is 14.8. The number of hydrogen-bond acceptors (Lipinski definition) is 4. The van der Waals surface area contributed by atoms with Gasteiger partial charge in [0, 0.05) is 30.9 Å². The molecule has 3 aromatic rings. The summed E-state index contributed by atoms with van der Waals surface area (Å²) < 4.78 is 29.6. The zero-order valence-electron chi connectivity index (χ0n) is 21.8. The highest BCUT2D eigenvalue weighted by Crippen LogP contribution is 2.30. The maximum atomic E-state index is 14.8. The number of hydrogen-bond donors (Lipinski definition) is 2. The van der Waals surface area contributed by atoms with Crippen LogP contribution in [0.1, 0.15) is 43.9 Å². The maximum Gasteiger partial charge on any atom is 0.254 e. The van der Waals surface area contributed by atoms with Crippen LogP contribution in [0.15, 0.2) is 73.4 Å². The third-order valence-corrected chi connectivity index (χ3v) is 5.02. The molecule has 8 heteroatoms. The Morgan fingerprint density at radius 3 is 2.33 bits per heavy atom. The van der Waals surface area contributed by atoms with Gasteiger partial charge < -0.3 is 15.6 Å². The summed E-state index contributed by atoms with van der Waals surface area (Å²) in [5.74, 6) is -0.961. The van der Waals surface area contributed by atoms with Crippen LogP contribution in [0.2, 0.25) is 0 Å². The van der Waals surface area contributed by atoms with Gasteiger partial charge in [-0.25, -0.2) is 18.7 Å². The molecule has 0 radical (unpaired) electrons. The Bertz CT molecular complexity index is 1240. The second-order valence-corrected chi connectivity index (χ2v) is 7.15. The average Bonchev–Trinajstić information content (AvgIpc) is 3.22. The van der Waals surface area contributed by atoms with E-state index in [0.717, 1.165) is 23.2 Å². The predicted molar refractivity (Wildman–Crippen MR) is 145 cm³/mol. The molecule has 0 aliphatic heterocycles. The van der Waals surface area contributed by atoms with Crippen molar-refractivity contribution in [2.45, 2.75) is 34.6 Å². The van der Waals surface area contributed by atoms with Crippen molar-refractivity contribution in [3.63, 3.8) is 0 Å². The van der Waals surface area contributed by atoms with E-state index in [-0.39, 0.29) is 17.9 Å². The summed E-state index contributed by atoms with van der Waals surface area (Å²) >= 11 is 0. The Morgan fingerprint density at radius 2 is 1.81 bits per heavy atom. The van der Waals surface area contributed by atoms with Gasteiger partial charge in [-0.1, -0.05) is 53.0 Å². The lowest BCUT2D eigenvalue weighted by molar-refractivity contribution is 0.0953. The van der Waals surface area contributed by atoms with Crippen molar-refractivity contribution in [1.82, 2.24) is 19.9 Å². The molecule has 2 aromatic heterocycles. The number of halogens is 2. The number of nitrogens with zero attached hydrogens (tertiary/aromatic N) is 3. The van der Waals surface area contributed by atoms with E-state index in [4.69, 9.17) is 5.73 Å². The second-order valence-electron chi connectivity index (χ2n) is 7.15. The van der Waals surface area contributed by atoms with E-state index in [9.17, 15) is 13.6 Å². The van der Waals surface area contributed by atoms with E-state index in [1.54, 1.807) is 24.5 Å². The van der Waals surface area contributed by atoms with Crippen LogP contribution in [0.3, 0.4) is 0 Å².